The van der Waals surface area contributed by atoms with Crippen LogP contribution >= 0.6 is 0 Å². The summed E-state index contributed by atoms with van der Waals surface area (Å²) in [6, 6.07) is 0. The molecule has 9 atom stereocenters. The second-order valence-corrected chi connectivity index (χ2v) is 15.0. The number of aliphatic hydroxyl groups is 1. The van der Waals surface area contributed by atoms with Gasteiger partial charge in [0.05, 0.1) is 23.2 Å². The molecule has 4 aliphatic carbocycles. The Labute approximate surface area is 211 Å². The van der Waals surface area contributed by atoms with Crippen molar-refractivity contribution in [2.45, 2.75) is 130 Å². The number of hydrogen-bond donors (Lipinski definition) is 2. The fourth-order valence-electron chi connectivity index (χ4n) is 10.7. The Morgan fingerprint density at radius 2 is 1.57 bits per heavy atom. The smallest absolute Gasteiger partial charge is 0.312 e. The van der Waals surface area contributed by atoms with Gasteiger partial charge in [0.15, 0.2) is 0 Å². The minimum absolute atomic E-state index is 0.0133. The molecule has 5 aliphatic rings. The second-order valence-electron chi connectivity index (χ2n) is 15.0. The Morgan fingerprint density at radius 1 is 0.886 bits per heavy atom. The Morgan fingerprint density at radius 3 is 2.20 bits per heavy atom. The van der Waals surface area contributed by atoms with E-state index in [-0.39, 0.29) is 39.8 Å². The molecule has 1 saturated heterocycles. The first kappa shape index (κ1) is 25.7. The number of carboxylic acids is 1. The van der Waals surface area contributed by atoms with E-state index in [0.29, 0.717) is 43.3 Å². The predicted octanol–water partition coefficient (Wildman–Crippen LogP) is 6.01. The number of rotatable bonds is 2. The van der Waals surface area contributed by atoms with Gasteiger partial charge in [0.25, 0.3) is 0 Å². The van der Waals surface area contributed by atoms with Crippen LogP contribution in [-0.4, -0.2) is 39.8 Å². The largest absolute Gasteiger partial charge is 0.481 e. The molecule has 35 heavy (non-hydrogen) atoms. The second kappa shape index (κ2) is 7.56. The van der Waals surface area contributed by atoms with E-state index in [1.54, 1.807) is 13.8 Å². The van der Waals surface area contributed by atoms with Gasteiger partial charge >= 0.3 is 5.97 Å². The summed E-state index contributed by atoms with van der Waals surface area (Å²) in [5.74, 6) is 0.849. The highest BCUT2D eigenvalue weighted by molar-refractivity contribution is 5.85. The van der Waals surface area contributed by atoms with Crippen LogP contribution in [0.1, 0.15) is 113 Å². The van der Waals surface area contributed by atoms with Crippen LogP contribution in [0.2, 0.25) is 0 Å². The first-order chi connectivity index (χ1) is 16.0. The van der Waals surface area contributed by atoms with Crippen molar-refractivity contribution in [3.05, 3.63) is 0 Å². The molecule has 0 radical (unpaired) electrons. The Balaban J connectivity index is 1.54. The van der Waals surface area contributed by atoms with Gasteiger partial charge in [-0.1, -0.05) is 34.6 Å². The summed E-state index contributed by atoms with van der Waals surface area (Å²) < 4.78 is 6.68. The molecule has 0 unspecified atom stereocenters. The highest BCUT2D eigenvalue weighted by Gasteiger charge is 2.71. The van der Waals surface area contributed by atoms with Crippen LogP contribution in [0.3, 0.4) is 0 Å². The molecule has 1 aliphatic heterocycles. The van der Waals surface area contributed by atoms with E-state index in [1.165, 1.54) is 0 Å². The maximum atomic E-state index is 12.9. The molecule has 0 aromatic rings. The summed E-state index contributed by atoms with van der Waals surface area (Å²) >= 11 is 0. The van der Waals surface area contributed by atoms with Gasteiger partial charge in [0.2, 0.25) is 0 Å². The molecule has 0 amide bonds. The molecule has 0 bridgehead atoms. The molecule has 5 heteroatoms. The Kier molecular flexibility index (Phi) is 5.55. The van der Waals surface area contributed by atoms with Crippen molar-refractivity contribution < 1.29 is 24.5 Å². The van der Waals surface area contributed by atoms with Crippen LogP contribution < -0.4 is 0 Å². The third-order valence-electron chi connectivity index (χ3n) is 13.1. The van der Waals surface area contributed by atoms with E-state index in [1.807, 2.05) is 0 Å². The zero-order valence-electron chi connectivity index (χ0n) is 23.1. The molecule has 0 spiro atoms. The Hall–Kier alpha value is -0.940. The minimum atomic E-state index is -0.981. The number of aliphatic carboxylic acids is 1. The molecule has 1 heterocycles. The molecular weight excluding hydrogens is 440 g/mol. The van der Waals surface area contributed by atoms with Gasteiger partial charge in [0.1, 0.15) is 5.78 Å². The summed E-state index contributed by atoms with van der Waals surface area (Å²) in [5.41, 5.74) is -1.86. The van der Waals surface area contributed by atoms with Gasteiger partial charge < -0.3 is 14.9 Å². The van der Waals surface area contributed by atoms with Crippen molar-refractivity contribution in [3.8, 4) is 0 Å². The highest BCUT2D eigenvalue weighted by Crippen LogP contribution is 2.75. The van der Waals surface area contributed by atoms with E-state index in [9.17, 15) is 19.8 Å². The van der Waals surface area contributed by atoms with Crippen molar-refractivity contribution in [1.29, 1.82) is 0 Å². The molecule has 198 valence electrons. The molecule has 5 nitrogen and oxygen atoms in total. The summed E-state index contributed by atoms with van der Waals surface area (Å²) in [6.07, 6.45) is 8.00. The third-order valence-corrected chi connectivity index (χ3v) is 13.1. The molecule has 4 saturated carbocycles. The quantitative estimate of drug-likeness (QED) is 0.497. The fraction of sp³-hybridized carbons (Fsp3) is 0.933. The fourth-order valence-corrected chi connectivity index (χ4v) is 10.7. The summed E-state index contributed by atoms with van der Waals surface area (Å²) in [6.45, 7) is 15.4. The van der Waals surface area contributed by atoms with Gasteiger partial charge in [-0.3, -0.25) is 9.59 Å². The summed E-state index contributed by atoms with van der Waals surface area (Å²) in [4.78, 5) is 25.7. The lowest BCUT2D eigenvalue weighted by molar-refractivity contribution is -0.283. The summed E-state index contributed by atoms with van der Waals surface area (Å²) in [5, 5.41) is 21.3. The van der Waals surface area contributed by atoms with Gasteiger partial charge in [-0.05, 0) is 106 Å². The molecule has 0 aromatic heterocycles. The molecular formula is C30H48O5. The van der Waals surface area contributed by atoms with Crippen molar-refractivity contribution in [1.82, 2.24) is 0 Å². The maximum Gasteiger partial charge on any atom is 0.312 e. The van der Waals surface area contributed by atoms with E-state index in [4.69, 9.17) is 4.74 Å². The SMILES string of the molecule is CC(C)(O)[C@@H]1CC[C@]2(C(=O)O)CC[C@]3(C)[C@H](CC[C@@H]4[C@@]5(C)CCC(=O)C(C)(C)[C@@H]5CC[C@]43C)[C@H]2O1. The molecule has 5 fully saturated rings. The van der Waals surface area contributed by atoms with E-state index in [2.05, 4.69) is 34.6 Å². The highest BCUT2D eigenvalue weighted by atomic mass is 16.5. The number of carbonyl (C=O) groups excluding carboxylic acids is 1. The lowest BCUT2D eigenvalue weighted by atomic mass is 9.33. The average molecular weight is 489 g/mol. The van der Waals surface area contributed by atoms with Gasteiger partial charge in [0, 0.05) is 11.8 Å². The van der Waals surface area contributed by atoms with E-state index >= 15 is 0 Å². The summed E-state index contributed by atoms with van der Waals surface area (Å²) in [7, 11) is 0. The van der Waals surface area contributed by atoms with Crippen LogP contribution in [0.15, 0.2) is 0 Å². The van der Waals surface area contributed by atoms with Crippen LogP contribution in [-0.2, 0) is 14.3 Å². The predicted molar refractivity (Wildman–Crippen MR) is 135 cm³/mol. The zero-order chi connectivity index (χ0) is 25.8. The number of carbonyl (C=O) groups is 2. The molecule has 0 aromatic carbocycles. The lowest BCUT2D eigenvalue weighted by Crippen LogP contribution is -2.69. The normalized spacial score (nSPS) is 51.4. The van der Waals surface area contributed by atoms with Crippen LogP contribution in [0.4, 0.5) is 0 Å². The van der Waals surface area contributed by atoms with Crippen molar-refractivity contribution in [2.24, 2.45) is 44.8 Å². The van der Waals surface area contributed by atoms with E-state index in [0.717, 1.165) is 38.5 Å². The van der Waals surface area contributed by atoms with Gasteiger partial charge in [-0.15, -0.1) is 0 Å². The van der Waals surface area contributed by atoms with E-state index < -0.39 is 17.0 Å². The van der Waals surface area contributed by atoms with Crippen LogP contribution in [0.5, 0.6) is 0 Å². The number of ether oxygens (including phenoxy) is 1. The standard InChI is InChI=1S/C30H48O5/c1-25(2)19-10-14-29(7)20(27(19,5)13-11-21(25)31)9-8-18-23-30(24(32)33,17-16-28(18,29)6)15-12-22(35-23)26(3,4)34/h18-20,22-23,34H,8-17H2,1-7H3,(H,32,33)/t18-,19+,20-,22+,23-,27+,28-,29-,30+/m1/s1. The number of carboxylic acid groups (broad SMARTS) is 1. The number of fused-ring (bicyclic) bond motifs is 7. The first-order valence-corrected chi connectivity index (χ1v) is 14.2. The number of hydrogen-bond acceptors (Lipinski definition) is 4. The van der Waals surface area contributed by atoms with Gasteiger partial charge in [-0.25, -0.2) is 0 Å². The molecule has 5 rings (SSSR count). The van der Waals surface area contributed by atoms with Crippen LogP contribution in [0.25, 0.3) is 0 Å². The average Bonchev–Trinajstić information content (AvgIpc) is 2.76. The molecule has 2 N–H and O–H groups in total. The topological polar surface area (TPSA) is 83.8 Å². The number of Topliss-reactive ketones (excluding diaryl/α,β-unsaturated/α-hetero) is 1. The monoisotopic (exact) mass is 488 g/mol. The van der Waals surface area contributed by atoms with Crippen molar-refractivity contribution in [2.75, 3.05) is 0 Å². The Bertz CT molecular complexity index is 918. The maximum absolute atomic E-state index is 12.9. The number of ketones is 1. The van der Waals surface area contributed by atoms with Crippen molar-refractivity contribution >= 4 is 11.8 Å². The third kappa shape index (κ3) is 3.19. The van der Waals surface area contributed by atoms with Crippen LogP contribution in [0, 0.1) is 44.8 Å². The zero-order valence-corrected chi connectivity index (χ0v) is 23.1. The lowest BCUT2D eigenvalue weighted by Gasteiger charge is -2.72. The first-order valence-electron chi connectivity index (χ1n) is 14.2. The van der Waals surface area contributed by atoms with Crippen molar-refractivity contribution in [3.63, 3.8) is 0 Å². The van der Waals surface area contributed by atoms with Gasteiger partial charge in [-0.2, -0.15) is 0 Å². The minimum Gasteiger partial charge on any atom is -0.481 e.